The maximum Gasteiger partial charge on any atom is 0.222 e. The lowest BCUT2D eigenvalue weighted by molar-refractivity contribution is -0.571. The van der Waals surface area contributed by atoms with Crippen molar-refractivity contribution < 1.29 is 19.7 Å². The third-order valence-corrected chi connectivity index (χ3v) is 2.52. The van der Waals surface area contributed by atoms with Gasteiger partial charge in [0.15, 0.2) is 0 Å². The third kappa shape index (κ3) is 3.10. The molecule has 0 aliphatic heterocycles. The predicted molar refractivity (Wildman–Crippen MR) is 47.4 cm³/mol. The van der Waals surface area contributed by atoms with Gasteiger partial charge in [-0.1, -0.05) is 0 Å². The summed E-state index contributed by atoms with van der Waals surface area (Å²) in [5, 5.41) is 29.6. The molecule has 15 heavy (non-hydrogen) atoms. The van der Waals surface area contributed by atoms with Gasteiger partial charge < -0.3 is 9.84 Å². The highest BCUT2D eigenvalue weighted by Gasteiger charge is 2.41. The highest BCUT2D eigenvalue weighted by atomic mass is 16.6. The zero-order valence-electron chi connectivity index (χ0n) is 7.94. The number of nitro groups is 2. The largest absolute Gasteiger partial charge is 0.371 e. The Bertz CT molecular complexity index is 236. The minimum atomic E-state index is -0.953. The SMILES string of the molecule is O=[N+]([O-])C1CC(OCO)CC([N+](=O)[O-])C1. The number of aliphatic hydroxyl groups is 1. The van der Waals surface area contributed by atoms with Crippen molar-refractivity contribution in [2.75, 3.05) is 6.79 Å². The maximum absolute atomic E-state index is 10.5. The molecular weight excluding hydrogens is 208 g/mol. The molecule has 0 aromatic carbocycles. The topological polar surface area (TPSA) is 116 Å². The van der Waals surface area contributed by atoms with Crippen molar-refractivity contribution in [1.29, 1.82) is 0 Å². The van der Waals surface area contributed by atoms with Crippen LogP contribution in [0.25, 0.3) is 0 Å². The Morgan fingerprint density at radius 3 is 1.93 bits per heavy atom. The summed E-state index contributed by atoms with van der Waals surface area (Å²) in [6, 6.07) is -1.91. The summed E-state index contributed by atoms with van der Waals surface area (Å²) < 4.78 is 4.79. The summed E-state index contributed by atoms with van der Waals surface area (Å²) in [6.07, 6.45) is -0.421. The number of ether oxygens (including phenoxy) is 1. The molecule has 2 unspecified atom stereocenters. The molecule has 0 bridgehead atoms. The van der Waals surface area contributed by atoms with Crippen LogP contribution in [0.2, 0.25) is 0 Å². The molecule has 1 saturated carbocycles. The first-order valence-corrected chi connectivity index (χ1v) is 4.54. The first-order chi connectivity index (χ1) is 7.04. The van der Waals surface area contributed by atoms with E-state index < -0.39 is 34.8 Å². The third-order valence-electron chi connectivity index (χ3n) is 2.52. The van der Waals surface area contributed by atoms with Gasteiger partial charge in [-0.2, -0.15) is 0 Å². The van der Waals surface area contributed by atoms with E-state index in [-0.39, 0.29) is 19.3 Å². The van der Waals surface area contributed by atoms with Gasteiger partial charge in [-0.15, -0.1) is 0 Å². The summed E-state index contributed by atoms with van der Waals surface area (Å²) >= 11 is 0. The molecule has 2 atom stereocenters. The number of hydrogen-bond acceptors (Lipinski definition) is 6. The van der Waals surface area contributed by atoms with Gasteiger partial charge in [0.1, 0.15) is 6.79 Å². The molecule has 0 saturated heterocycles. The second-order valence-electron chi connectivity index (χ2n) is 3.50. The Morgan fingerprint density at radius 2 is 1.60 bits per heavy atom. The lowest BCUT2D eigenvalue weighted by atomic mass is 9.89. The number of hydrogen-bond donors (Lipinski definition) is 1. The van der Waals surface area contributed by atoms with Gasteiger partial charge in [-0.3, -0.25) is 20.2 Å². The summed E-state index contributed by atoms with van der Waals surface area (Å²) in [5.74, 6) is 0. The van der Waals surface area contributed by atoms with Crippen LogP contribution < -0.4 is 0 Å². The number of rotatable bonds is 4. The monoisotopic (exact) mass is 220 g/mol. The van der Waals surface area contributed by atoms with Crippen molar-refractivity contribution in [1.82, 2.24) is 0 Å². The van der Waals surface area contributed by atoms with Crippen LogP contribution in [0.15, 0.2) is 0 Å². The molecule has 0 spiro atoms. The average molecular weight is 220 g/mol. The number of nitrogens with zero attached hydrogens (tertiary/aromatic N) is 2. The Morgan fingerprint density at radius 1 is 1.13 bits per heavy atom. The molecule has 1 aliphatic rings. The molecular formula is C7H12N2O6. The number of aliphatic hydroxyl groups excluding tert-OH is 1. The zero-order chi connectivity index (χ0) is 11.4. The molecule has 0 heterocycles. The van der Waals surface area contributed by atoms with Crippen LogP contribution in [0, 0.1) is 20.2 Å². The molecule has 1 aliphatic carbocycles. The molecule has 1 N–H and O–H groups in total. The molecule has 1 fully saturated rings. The van der Waals surface area contributed by atoms with E-state index in [4.69, 9.17) is 9.84 Å². The highest BCUT2D eigenvalue weighted by molar-refractivity contribution is 4.79. The van der Waals surface area contributed by atoms with Crippen LogP contribution in [-0.2, 0) is 4.74 Å². The van der Waals surface area contributed by atoms with E-state index in [0.717, 1.165) is 0 Å². The first kappa shape index (κ1) is 11.8. The highest BCUT2D eigenvalue weighted by Crippen LogP contribution is 2.25. The van der Waals surface area contributed by atoms with E-state index in [1.165, 1.54) is 0 Å². The predicted octanol–water partition coefficient (Wildman–Crippen LogP) is -0.204. The van der Waals surface area contributed by atoms with Crippen LogP contribution >= 0.6 is 0 Å². The van der Waals surface area contributed by atoms with Crippen LogP contribution in [-0.4, -0.2) is 39.9 Å². The van der Waals surface area contributed by atoms with Crippen LogP contribution in [0.1, 0.15) is 19.3 Å². The van der Waals surface area contributed by atoms with Gasteiger partial charge in [0, 0.05) is 22.7 Å². The maximum atomic E-state index is 10.5. The molecule has 0 aromatic rings. The van der Waals surface area contributed by atoms with Crippen LogP contribution in [0.5, 0.6) is 0 Å². The minimum absolute atomic E-state index is 0.0642. The lowest BCUT2D eigenvalue weighted by Gasteiger charge is -2.25. The van der Waals surface area contributed by atoms with Crippen LogP contribution in [0.3, 0.4) is 0 Å². The standard InChI is InChI=1S/C7H12N2O6/c10-4-15-7-2-5(8(11)12)1-6(3-7)9(13)14/h5-7,10H,1-4H2. The zero-order valence-corrected chi connectivity index (χ0v) is 7.94. The molecule has 0 aromatic heterocycles. The van der Waals surface area contributed by atoms with E-state index in [1.807, 2.05) is 0 Å². The summed E-state index contributed by atoms with van der Waals surface area (Å²) in [7, 11) is 0. The van der Waals surface area contributed by atoms with Gasteiger partial charge in [0.25, 0.3) is 0 Å². The molecule has 86 valence electrons. The second kappa shape index (κ2) is 4.99. The summed E-state index contributed by atoms with van der Waals surface area (Å²) in [4.78, 5) is 20.0. The molecule has 0 radical (unpaired) electrons. The second-order valence-corrected chi connectivity index (χ2v) is 3.50. The van der Waals surface area contributed by atoms with E-state index in [9.17, 15) is 20.2 Å². The Balaban J connectivity index is 2.64. The van der Waals surface area contributed by atoms with Crippen molar-refractivity contribution >= 4 is 0 Å². The van der Waals surface area contributed by atoms with Crippen molar-refractivity contribution in [3.8, 4) is 0 Å². The van der Waals surface area contributed by atoms with E-state index >= 15 is 0 Å². The fourth-order valence-electron chi connectivity index (χ4n) is 1.80. The van der Waals surface area contributed by atoms with Gasteiger partial charge in [0.05, 0.1) is 12.5 Å². The van der Waals surface area contributed by atoms with E-state index in [2.05, 4.69) is 0 Å². The molecule has 1 rings (SSSR count). The van der Waals surface area contributed by atoms with Crippen molar-refractivity contribution in [2.45, 2.75) is 37.5 Å². The Labute approximate surface area is 85.1 Å². The average Bonchev–Trinajstić information content (AvgIpc) is 2.17. The fraction of sp³-hybridized carbons (Fsp3) is 1.00. The lowest BCUT2D eigenvalue weighted by Crippen LogP contribution is -2.41. The summed E-state index contributed by atoms with van der Waals surface area (Å²) in [6.45, 7) is -0.570. The minimum Gasteiger partial charge on any atom is -0.371 e. The fourth-order valence-corrected chi connectivity index (χ4v) is 1.80. The molecule has 0 amide bonds. The first-order valence-electron chi connectivity index (χ1n) is 4.54. The van der Waals surface area contributed by atoms with E-state index in [0.29, 0.717) is 0 Å². The molecule has 8 nitrogen and oxygen atoms in total. The van der Waals surface area contributed by atoms with E-state index in [1.54, 1.807) is 0 Å². The van der Waals surface area contributed by atoms with Gasteiger partial charge in [-0.25, -0.2) is 0 Å². The normalized spacial score (nSPS) is 31.1. The van der Waals surface area contributed by atoms with Crippen molar-refractivity contribution in [2.24, 2.45) is 0 Å². The van der Waals surface area contributed by atoms with Crippen molar-refractivity contribution in [3.63, 3.8) is 0 Å². The quantitative estimate of drug-likeness (QED) is 0.398. The smallest absolute Gasteiger partial charge is 0.222 e. The Hall–Kier alpha value is -1.28. The van der Waals surface area contributed by atoms with Gasteiger partial charge in [-0.05, 0) is 0 Å². The van der Waals surface area contributed by atoms with Gasteiger partial charge in [0.2, 0.25) is 12.1 Å². The van der Waals surface area contributed by atoms with Crippen LogP contribution in [0.4, 0.5) is 0 Å². The Kier molecular flexibility index (Phi) is 3.92. The molecule has 8 heteroatoms. The van der Waals surface area contributed by atoms with Gasteiger partial charge >= 0.3 is 0 Å². The summed E-state index contributed by atoms with van der Waals surface area (Å²) in [5.41, 5.74) is 0. The van der Waals surface area contributed by atoms with Crippen molar-refractivity contribution in [3.05, 3.63) is 20.2 Å².